The summed E-state index contributed by atoms with van der Waals surface area (Å²) in [6.45, 7) is 4.44. The number of nitrogens with two attached hydrogens (primary N) is 1. The van der Waals surface area contributed by atoms with Crippen LogP contribution in [-0.2, 0) is 9.59 Å². The zero-order chi connectivity index (χ0) is 14.5. The van der Waals surface area contributed by atoms with E-state index >= 15 is 0 Å². The van der Waals surface area contributed by atoms with Crippen LogP contribution in [0.15, 0.2) is 0 Å². The molecule has 1 aliphatic rings. The van der Waals surface area contributed by atoms with Crippen molar-refractivity contribution in [2.45, 2.75) is 46.0 Å². The lowest BCUT2D eigenvalue weighted by Gasteiger charge is -2.28. The van der Waals surface area contributed by atoms with Crippen molar-refractivity contribution in [3.63, 3.8) is 0 Å². The minimum Gasteiger partial charge on any atom is -0.481 e. The van der Waals surface area contributed by atoms with Gasteiger partial charge in [0.1, 0.15) is 0 Å². The second-order valence-electron chi connectivity index (χ2n) is 5.54. The Morgan fingerprint density at radius 1 is 1.32 bits per heavy atom. The van der Waals surface area contributed by atoms with Gasteiger partial charge in [-0.15, -0.1) is 0 Å². The highest BCUT2D eigenvalue weighted by molar-refractivity contribution is 5.81. The fourth-order valence-corrected chi connectivity index (χ4v) is 2.93. The van der Waals surface area contributed by atoms with E-state index in [2.05, 4.69) is 5.32 Å². The number of carbonyl (C=O) groups is 2. The fourth-order valence-electron chi connectivity index (χ4n) is 2.93. The van der Waals surface area contributed by atoms with Crippen molar-refractivity contribution in [1.29, 1.82) is 0 Å². The lowest BCUT2D eigenvalue weighted by Crippen LogP contribution is -2.45. The molecular weight excluding hydrogens is 244 g/mol. The summed E-state index contributed by atoms with van der Waals surface area (Å²) in [7, 11) is 0. The van der Waals surface area contributed by atoms with Crippen LogP contribution >= 0.6 is 0 Å². The van der Waals surface area contributed by atoms with Crippen LogP contribution < -0.4 is 11.1 Å². The summed E-state index contributed by atoms with van der Waals surface area (Å²) in [5, 5.41) is 12.2. The molecular formula is C14H26N2O3. The highest BCUT2D eigenvalue weighted by Gasteiger charge is 2.37. The van der Waals surface area contributed by atoms with Crippen molar-refractivity contribution in [2.24, 2.45) is 23.0 Å². The summed E-state index contributed by atoms with van der Waals surface area (Å²) < 4.78 is 0. The van der Waals surface area contributed by atoms with Crippen molar-refractivity contribution in [2.75, 3.05) is 13.1 Å². The molecule has 0 spiro atoms. The number of nitrogens with one attached hydrogen (secondary N) is 1. The van der Waals surface area contributed by atoms with Gasteiger partial charge in [-0.25, -0.2) is 0 Å². The standard InChI is InChI=1S/C14H26N2O3/c1-3-14(4-2,13(18)19)9-16-12(17)11-7-5-6-10(11)8-15/h10-11H,3-9,15H2,1-2H3,(H,16,17)(H,18,19). The third kappa shape index (κ3) is 3.47. The molecule has 1 saturated carbocycles. The number of amides is 1. The largest absolute Gasteiger partial charge is 0.481 e. The first-order chi connectivity index (χ1) is 9.00. The fraction of sp³-hybridized carbons (Fsp3) is 0.857. The van der Waals surface area contributed by atoms with Crippen LogP contribution in [-0.4, -0.2) is 30.1 Å². The smallest absolute Gasteiger partial charge is 0.311 e. The summed E-state index contributed by atoms with van der Waals surface area (Å²) >= 11 is 0. The molecule has 1 amide bonds. The summed E-state index contributed by atoms with van der Waals surface area (Å²) in [6.07, 6.45) is 3.94. The number of carbonyl (C=O) groups excluding carboxylic acids is 1. The van der Waals surface area contributed by atoms with Crippen molar-refractivity contribution >= 4 is 11.9 Å². The molecule has 0 saturated heterocycles. The Kier molecular flexibility index (Phi) is 5.79. The third-order valence-electron chi connectivity index (χ3n) is 4.71. The monoisotopic (exact) mass is 270 g/mol. The van der Waals surface area contributed by atoms with Crippen molar-refractivity contribution in [3.05, 3.63) is 0 Å². The van der Waals surface area contributed by atoms with Crippen LogP contribution in [0.4, 0.5) is 0 Å². The van der Waals surface area contributed by atoms with Crippen LogP contribution in [0, 0.1) is 17.3 Å². The second-order valence-corrected chi connectivity index (χ2v) is 5.54. The van der Waals surface area contributed by atoms with E-state index in [-0.39, 0.29) is 24.3 Å². The van der Waals surface area contributed by atoms with E-state index in [0.717, 1.165) is 19.3 Å². The van der Waals surface area contributed by atoms with Gasteiger partial charge in [0.2, 0.25) is 5.91 Å². The first-order valence-electron chi connectivity index (χ1n) is 7.22. The van der Waals surface area contributed by atoms with Crippen molar-refractivity contribution < 1.29 is 14.7 Å². The Bertz CT molecular complexity index is 327. The van der Waals surface area contributed by atoms with Crippen LogP contribution in [0.1, 0.15) is 46.0 Å². The number of carboxylic acid groups (broad SMARTS) is 1. The predicted octanol–water partition coefficient (Wildman–Crippen LogP) is 1.37. The highest BCUT2D eigenvalue weighted by atomic mass is 16.4. The van der Waals surface area contributed by atoms with Crippen molar-refractivity contribution in [1.82, 2.24) is 5.32 Å². The van der Waals surface area contributed by atoms with Gasteiger partial charge in [-0.1, -0.05) is 20.3 Å². The van der Waals surface area contributed by atoms with E-state index in [1.165, 1.54) is 0 Å². The molecule has 4 N–H and O–H groups in total. The number of rotatable bonds is 7. The maximum absolute atomic E-state index is 12.2. The van der Waals surface area contributed by atoms with Crippen LogP contribution in [0.2, 0.25) is 0 Å². The number of hydrogen-bond donors (Lipinski definition) is 3. The summed E-state index contributed by atoms with van der Waals surface area (Å²) in [5.74, 6) is -0.646. The zero-order valence-corrected chi connectivity index (χ0v) is 11.9. The van der Waals surface area contributed by atoms with Gasteiger partial charge in [0.25, 0.3) is 0 Å². The van der Waals surface area contributed by atoms with Crippen molar-refractivity contribution in [3.8, 4) is 0 Å². The molecule has 0 aliphatic heterocycles. The Hall–Kier alpha value is -1.10. The number of aliphatic carboxylic acids is 1. The highest BCUT2D eigenvalue weighted by Crippen LogP contribution is 2.31. The molecule has 0 aromatic rings. The zero-order valence-electron chi connectivity index (χ0n) is 11.9. The minimum atomic E-state index is -0.841. The van der Waals surface area contributed by atoms with Gasteiger partial charge in [-0.2, -0.15) is 0 Å². The van der Waals surface area contributed by atoms with E-state index < -0.39 is 11.4 Å². The molecule has 2 atom stereocenters. The Balaban J connectivity index is 2.59. The second kappa shape index (κ2) is 6.89. The van der Waals surface area contributed by atoms with Crippen LogP contribution in [0.5, 0.6) is 0 Å². The molecule has 0 bridgehead atoms. The molecule has 5 heteroatoms. The Labute approximate surface area is 114 Å². The molecule has 0 aromatic carbocycles. The third-order valence-corrected chi connectivity index (χ3v) is 4.71. The lowest BCUT2D eigenvalue weighted by atomic mass is 9.82. The van der Waals surface area contributed by atoms with E-state index in [1.54, 1.807) is 0 Å². The average Bonchev–Trinajstić information content (AvgIpc) is 2.88. The minimum absolute atomic E-state index is 0.0273. The molecule has 0 heterocycles. The lowest BCUT2D eigenvalue weighted by molar-refractivity contribution is -0.149. The maximum atomic E-state index is 12.2. The Morgan fingerprint density at radius 3 is 2.42 bits per heavy atom. The van der Waals surface area contributed by atoms with E-state index in [1.807, 2.05) is 13.8 Å². The maximum Gasteiger partial charge on any atom is 0.311 e. The van der Waals surface area contributed by atoms with Gasteiger partial charge in [0.05, 0.1) is 5.41 Å². The van der Waals surface area contributed by atoms with Crippen LogP contribution in [0.25, 0.3) is 0 Å². The molecule has 1 fully saturated rings. The average molecular weight is 270 g/mol. The molecule has 19 heavy (non-hydrogen) atoms. The van der Waals surface area contributed by atoms with E-state index in [0.29, 0.717) is 19.4 Å². The molecule has 0 aromatic heterocycles. The molecule has 1 rings (SSSR count). The predicted molar refractivity (Wildman–Crippen MR) is 73.5 cm³/mol. The van der Waals surface area contributed by atoms with E-state index in [9.17, 15) is 14.7 Å². The molecule has 110 valence electrons. The topological polar surface area (TPSA) is 92.4 Å². The summed E-state index contributed by atoms with van der Waals surface area (Å²) in [4.78, 5) is 23.5. The van der Waals surface area contributed by atoms with Crippen LogP contribution in [0.3, 0.4) is 0 Å². The molecule has 1 aliphatic carbocycles. The number of carboxylic acids is 1. The number of hydrogen-bond acceptors (Lipinski definition) is 3. The first kappa shape index (κ1) is 16.0. The van der Waals surface area contributed by atoms with Gasteiger partial charge in [-0.05, 0) is 38.1 Å². The van der Waals surface area contributed by atoms with Gasteiger partial charge >= 0.3 is 5.97 Å². The Morgan fingerprint density at radius 2 is 1.95 bits per heavy atom. The van der Waals surface area contributed by atoms with Gasteiger partial charge in [0, 0.05) is 12.5 Å². The SMILES string of the molecule is CCC(CC)(CNC(=O)C1CCCC1CN)C(=O)O. The normalized spacial score (nSPS) is 23.3. The van der Waals surface area contributed by atoms with Gasteiger partial charge < -0.3 is 16.2 Å². The summed E-state index contributed by atoms with van der Waals surface area (Å²) in [5.41, 5.74) is 4.83. The molecule has 2 unspecified atom stereocenters. The quantitative estimate of drug-likeness (QED) is 0.651. The molecule has 5 nitrogen and oxygen atoms in total. The van der Waals surface area contributed by atoms with E-state index in [4.69, 9.17) is 5.73 Å². The molecule has 0 radical (unpaired) electrons. The van der Waals surface area contributed by atoms with Gasteiger partial charge in [0.15, 0.2) is 0 Å². The first-order valence-corrected chi connectivity index (χ1v) is 7.22. The van der Waals surface area contributed by atoms with Gasteiger partial charge in [-0.3, -0.25) is 9.59 Å². The summed E-state index contributed by atoms with van der Waals surface area (Å²) in [6, 6.07) is 0.